The lowest BCUT2D eigenvalue weighted by atomic mass is 10.1. The zero-order valence-corrected chi connectivity index (χ0v) is 12.6. The molecule has 0 saturated heterocycles. The Labute approximate surface area is 129 Å². The highest BCUT2D eigenvalue weighted by Gasteiger charge is 2.02. The number of aryl methyl sites for hydroxylation is 1. The Morgan fingerprint density at radius 2 is 1.95 bits per heavy atom. The van der Waals surface area contributed by atoms with Crippen LogP contribution in [0.1, 0.15) is 16.7 Å². The van der Waals surface area contributed by atoms with Crippen molar-refractivity contribution >= 4 is 23.5 Å². The Balaban J connectivity index is 2.08. The number of benzene rings is 2. The van der Waals surface area contributed by atoms with Gasteiger partial charge in [-0.1, -0.05) is 36.4 Å². The Hall–Kier alpha value is -2.40. The van der Waals surface area contributed by atoms with Gasteiger partial charge in [0.1, 0.15) is 12.4 Å². The number of nitrogens with two attached hydrogens (primary N) is 1. The van der Waals surface area contributed by atoms with E-state index in [4.69, 9.17) is 22.7 Å². The van der Waals surface area contributed by atoms with Crippen LogP contribution in [-0.4, -0.2) is 11.3 Å². The van der Waals surface area contributed by atoms with E-state index >= 15 is 0 Å². The Kier molecular flexibility index (Phi) is 5.29. The number of hydrogen-bond donors (Lipinski definition) is 2. The molecule has 0 radical (unpaired) electrons. The first-order chi connectivity index (χ1) is 10.2. The minimum atomic E-state index is 0.129. The molecule has 2 rings (SSSR count). The molecule has 0 aromatic heterocycles. The van der Waals surface area contributed by atoms with Crippen molar-refractivity contribution in [3.63, 3.8) is 0 Å². The molecular weight excluding hydrogens is 282 g/mol. The summed E-state index contributed by atoms with van der Waals surface area (Å²) in [5.41, 5.74) is 11.1. The first-order valence-electron chi connectivity index (χ1n) is 6.51. The molecule has 2 aromatic rings. The molecule has 0 aliphatic rings. The first kappa shape index (κ1) is 15.0. The van der Waals surface area contributed by atoms with Gasteiger partial charge in [-0.3, -0.25) is 5.43 Å². The summed E-state index contributed by atoms with van der Waals surface area (Å²) in [6, 6.07) is 15.8. The highest BCUT2D eigenvalue weighted by atomic mass is 32.1. The van der Waals surface area contributed by atoms with Crippen LogP contribution in [0.2, 0.25) is 0 Å². The number of nitrogens with one attached hydrogen (secondary N) is 1. The largest absolute Gasteiger partial charge is 0.488 e. The fourth-order valence-corrected chi connectivity index (χ4v) is 1.86. The molecule has 0 atom stereocenters. The van der Waals surface area contributed by atoms with Crippen LogP contribution in [0.4, 0.5) is 0 Å². The average Bonchev–Trinajstić information content (AvgIpc) is 2.47. The number of hydrazone groups is 1. The smallest absolute Gasteiger partial charge is 0.184 e. The van der Waals surface area contributed by atoms with Crippen LogP contribution in [0, 0.1) is 6.92 Å². The molecule has 108 valence electrons. The second kappa shape index (κ2) is 7.40. The van der Waals surface area contributed by atoms with E-state index in [1.807, 2.05) is 36.4 Å². The van der Waals surface area contributed by atoms with Gasteiger partial charge in [-0.15, -0.1) is 0 Å². The van der Waals surface area contributed by atoms with E-state index in [-0.39, 0.29) is 5.11 Å². The van der Waals surface area contributed by atoms with Gasteiger partial charge in [-0.05, 0) is 42.4 Å². The molecule has 0 bridgehead atoms. The summed E-state index contributed by atoms with van der Waals surface area (Å²) in [6.07, 6.45) is 1.63. The van der Waals surface area contributed by atoms with Gasteiger partial charge >= 0.3 is 0 Å². The fourth-order valence-electron chi connectivity index (χ4n) is 1.81. The van der Waals surface area contributed by atoms with E-state index in [1.54, 1.807) is 6.21 Å². The SMILES string of the molecule is Cc1ccccc1COc1ccccc1/C=N/NC(N)=S. The number of para-hydroxylation sites is 1. The van der Waals surface area contributed by atoms with Gasteiger partial charge in [-0.25, -0.2) is 0 Å². The van der Waals surface area contributed by atoms with Crippen molar-refractivity contribution in [3.8, 4) is 5.75 Å². The second-order valence-electron chi connectivity index (χ2n) is 4.49. The van der Waals surface area contributed by atoms with Gasteiger partial charge in [-0.2, -0.15) is 5.10 Å². The molecule has 0 fully saturated rings. The van der Waals surface area contributed by atoms with Gasteiger partial charge in [0.2, 0.25) is 0 Å². The molecule has 3 N–H and O–H groups in total. The number of rotatable bonds is 5. The molecular formula is C16H17N3OS. The molecule has 0 heterocycles. The van der Waals surface area contributed by atoms with Crippen LogP contribution in [0.5, 0.6) is 5.75 Å². The molecule has 4 nitrogen and oxygen atoms in total. The van der Waals surface area contributed by atoms with Crippen molar-refractivity contribution in [2.24, 2.45) is 10.8 Å². The number of nitrogens with zero attached hydrogens (tertiary/aromatic N) is 1. The van der Waals surface area contributed by atoms with E-state index in [2.05, 4.69) is 29.6 Å². The third-order valence-electron chi connectivity index (χ3n) is 2.94. The third-order valence-corrected chi connectivity index (χ3v) is 3.03. The van der Waals surface area contributed by atoms with Crippen molar-refractivity contribution in [1.29, 1.82) is 0 Å². The van der Waals surface area contributed by atoms with Crippen LogP contribution in [-0.2, 0) is 6.61 Å². The summed E-state index contributed by atoms with van der Waals surface area (Å²) in [5, 5.41) is 4.08. The van der Waals surface area contributed by atoms with Crippen LogP contribution < -0.4 is 15.9 Å². The quantitative estimate of drug-likeness (QED) is 0.506. The highest BCUT2D eigenvalue weighted by Crippen LogP contribution is 2.18. The first-order valence-corrected chi connectivity index (χ1v) is 6.92. The Bertz CT molecular complexity index is 655. The Morgan fingerprint density at radius 3 is 2.71 bits per heavy atom. The maximum absolute atomic E-state index is 5.88. The van der Waals surface area contributed by atoms with Crippen molar-refractivity contribution in [2.45, 2.75) is 13.5 Å². The van der Waals surface area contributed by atoms with E-state index < -0.39 is 0 Å². The minimum Gasteiger partial charge on any atom is -0.488 e. The Morgan fingerprint density at radius 1 is 1.24 bits per heavy atom. The van der Waals surface area contributed by atoms with Crippen LogP contribution >= 0.6 is 12.2 Å². The summed E-state index contributed by atoms with van der Waals surface area (Å²) in [5.74, 6) is 0.759. The maximum Gasteiger partial charge on any atom is 0.184 e. The van der Waals surface area contributed by atoms with Gasteiger partial charge in [0, 0.05) is 5.56 Å². The summed E-state index contributed by atoms with van der Waals surface area (Å²) >= 11 is 4.69. The fraction of sp³-hybridized carbons (Fsp3) is 0.125. The van der Waals surface area contributed by atoms with E-state index in [1.165, 1.54) is 5.56 Å². The van der Waals surface area contributed by atoms with Crippen LogP contribution in [0.25, 0.3) is 0 Å². The van der Waals surface area contributed by atoms with E-state index in [9.17, 15) is 0 Å². The number of ether oxygens (including phenoxy) is 1. The molecule has 0 amide bonds. The van der Waals surface area contributed by atoms with E-state index in [0.29, 0.717) is 6.61 Å². The zero-order chi connectivity index (χ0) is 15.1. The zero-order valence-electron chi connectivity index (χ0n) is 11.7. The van der Waals surface area contributed by atoms with Crippen molar-refractivity contribution in [1.82, 2.24) is 5.43 Å². The predicted molar refractivity (Wildman–Crippen MR) is 89.5 cm³/mol. The van der Waals surface area contributed by atoms with Gasteiger partial charge in [0.25, 0.3) is 0 Å². The lowest BCUT2D eigenvalue weighted by Gasteiger charge is -2.10. The van der Waals surface area contributed by atoms with E-state index in [0.717, 1.165) is 16.9 Å². The predicted octanol–water partition coefficient (Wildman–Crippen LogP) is 2.74. The van der Waals surface area contributed by atoms with Crippen molar-refractivity contribution in [3.05, 3.63) is 65.2 Å². The molecule has 0 spiro atoms. The molecule has 0 aliphatic carbocycles. The topological polar surface area (TPSA) is 59.6 Å². The van der Waals surface area contributed by atoms with Gasteiger partial charge < -0.3 is 10.5 Å². The molecule has 0 aliphatic heterocycles. The number of thiocarbonyl (C=S) groups is 1. The monoisotopic (exact) mass is 299 g/mol. The highest BCUT2D eigenvalue weighted by molar-refractivity contribution is 7.80. The van der Waals surface area contributed by atoms with Crippen molar-refractivity contribution in [2.75, 3.05) is 0 Å². The minimum absolute atomic E-state index is 0.129. The molecule has 0 unspecified atom stereocenters. The summed E-state index contributed by atoms with van der Waals surface area (Å²) < 4.78 is 5.88. The second-order valence-corrected chi connectivity index (χ2v) is 4.93. The molecule has 0 saturated carbocycles. The van der Waals surface area contributed by atoms with Crippen LogP contribution in [0.3, 0.4) is 0 Å². The maximum atomic E-state index is 5.88. The number of hydrogen-bond acceptors (Lipinski definition) is 3. The lowest BCUT2D eigenvalue weighted by molar-refractivity contribution is 0.305. The summed E-state index contributed by atoms with van der Waals surface area (Å²) in [6.45, 7) is 2.58. The van der Waals surface area contributed by atoms with Gasteiger partial charge in [0.15, 0.2) is 5.11 Å². The third kappa shape index (κ3) is 4.57. The standard InChI is InChI=1S/C16H17N3OS/c1-12-6-2-3-8-14(12)11-20-15-9-5-4-7-13(15)10-18-19-16(17)21/h2-10H,11H2,1H3,(H3,17,19,21)/b18-10+. The summed E-state index contributed by atoms with van der Waals surface area (Å²) in [4.78, 5) is 0. The molecule has 21 heavy (non-hydrogen) atoms. The van der Waals surface area contributed by atoms with Gasteiger partial charge in [0.05, 0.1) is 6.21 Å². The summed E-state index contributed by atoms with van der Waals surface area (Å²) in [7, 11) is 0. The molecule has 2 aromatic carbocycles. The van der Waals surface area contributed by atoms with Crippen LogP contribution in [0.15, 0.2) is 53.6 Å². The lowest BCUT2D eigenvalue weighted by Crippen LogP contribution is -2.24. The normalized spacial score (nSPS) is 10.5. The van der Waals surface area contributed by atoms with Crippen molar-refractivity contribution < 1.29 is 4.74 Å². The average molecular weight is 299 g/mol. The molecule has 5 heteroatoms.